The van der Waals surface area contributed by atoms with Gasteiger partial charge >= 0.3 is 0 Å². The molecule has 2 aliphatic rings. The van der Waals surface area contributed by atoms with Crippen LogP contribution in [0, 0.1) is 0 Å². The van der Waals surface area contributed by atoms with Crippen molar-refractivity contribution < 1.29 is 0 Å². The topological polar surface area (TPSA) is 15.3 Å². The molecule has 0 saturated carbocycles. The van der Waals surface area contributed by atoms with Crippen LogP contribution in [0.15, 0.2) is 11.1 Å². The fourth-order valence-corrected chi connectivity index (χ4v) is 1.96. The number of nitrogens with one attached hydrogen (secondary N) is 1. The molecule has 0 atom stereocenters. The highest BCUT2D eigenvalue weighted by Gasteiger charge is 2.20. The summed E-state index contributed by atoms with van der Waals surface area (Å²) in [7, 11) is 0. The first-order valence-electron chi connectivity index (χ1n) is 4.53. The van der Waals surface area contributed by atoms with Crippen molar-refractivity contribution in [1.82, 2.24) is 10.2 Å². The predicted octanol–water partition coefficient (Wildman–Crippen LogP) is 0.612. The van der Waals surface area contributed by atoms with Crippen molar-refractivity contribution in [2.24, 2.45) is 0 Å². The Hall–Kier alpha value is -0.340. The zero-order valence-electron chi connectivity index (χ0n) is 7.19. The minimum Gasteiger partial charge on any atom is -0.309 e. The van der Waals surface area contributed by atoms with E-state index in [-0.39, 0.29) is 0 Å². The van der Waals surface area contributed by atoms with Crippen molar-refractivity contribution in [3.63, 3.8) is 0 Å². The molecule has 0 bridgehead atoms. The minimum absolute atomic E-state index is 1.14. The van der Waals surface area contributed by atoms with Gasteiger partial charge < -0.3 is 5.32 Å². The molecule has 11 heavy (non-hydrogen) atoms. The van der Waals surface area contributed by atoms with Gasteiger partial charge in [-0.25, -0.2) is 0 Å². The lowest BCUT2D eigenvalue weighted by molar-refractivity contribution is 0.302. The summed E-state index contributed by atoms with van der Waals surface area (Å²) < 4.78 is 0. The maximum absolute atomic E-state index is 3.41. The maximum atomic E-state index is 3.41. The summed E-state index contributed by atoms with van der Waals surface area (Å²) in [6, 6.07) is 0. The van der Waals surface area contributed by atoms with Gasteiger partial charge in [-0.1, -0.05) is 12.5 Å². The van der Waals surface area contributed by atoms with Crippen molar-refractivity contribution in [2.45, 2.75) is 13.3 Å². The molecule has 0 fully saturated rings. The molecule has 0 radical (unpaired) electrons. The molecule has 0 unspecified atom stereocenters. The minimum atomic E-state index is 1.14. The van der Waals surface area contributed by atoms with Crippen LogP contribution in [0.1, 0.15) is 13.3 Å². The Labute approximate surface area is 68.3 Å². The molecule has 0 aromatic rings. The van der Waals surface area contributed by atoms with E-state index < -0.39 is 0 Å². The third kappa shape index (κ3) is 1.33. The Morgan fingerprint density at radius 1 is 1.36 bits per heavy atom. The van der Waals surface area contributed by atoms with Gasteiger partial charge in [-0.3, -0.25) is 4.90 Å². The summed E-state index contributed by atoms with van der Waals surface area (Å²) in [4.78, 5) is 2.52. The predicted molar refractivity (Wildman–Crippen MR) is 46.6 cm³/mol. The largest absolute Gasteiger partial charge is 0.309 e. The monoisotopic (exact) mass is 152 g/mol. The highest BCUT2D eigenvalue weighted by atomic mass is 15.1. The third-order valence-corrected chi connectivity index (χ3v) is 2.77. The van der Waals surface area contributed by atoms with Gasteiger partial charge in [0.1, 0.15) is 0 Å². The molecule has 2 rings (SSSR count). The van der Waals surface area contributed by atoms with Gasteiger partial charge in [0, 0.05) is 26.2 Å². The van der Waals surface area contributed by atoms with Gasteiger partial charge in [-0.15, -0.1) is 0 Å². The Balaban J connectivity index is 2.05. The number of nitrogens with zero attached hydrogens (tertiary/aromatic N) is 1. The number of likely N-dealkylation sites (N-methyl/N-ethyl adjacent to an activating group) is 1. The van der Waals surface area contributed by atoms with E-state index in [1.165, 1.54) is 26.1 Å². The van der Waals surface area contributed by atoms with E-state index in [4.69, 9.17) is 0 Å². The van der Waals surface area contributed by atoms with Gasteiger partial charge in [0.05, 0.1) is 0 Å². The summed E-state index contributed by atoms with van der Waals surface area (Å²) in [5.74, 6) is 0. The fraction of sp³-hybridized carbons (Fsp3) is 0.778. The molecule has 2 heterocycles. The van der Waals surface area contributed by atoms with E-state index in [2.05, 4.69) is 17.1 Å². The first kappa shape index (κ1) is 7.32. The summed E-state index contributed by atoms with van der Waals surface area (Å²) in [5, 5.41) is 3.41. The second-order valence-corrected chi connectivity index (χ2v) is 3.43. The molecular weight excluding hydrogens is 136 g/mol. The quantitative estimate of drug-likeness (QED) is 0.554. The maximum Gasteiger partial charge on any atom is 0.0208 e. The molecule has 0 saturated heterocycles. The summed E-state index contributed by atoms with van der Waals surface area (Å²) in [6.07, 6.45) is 1.30. The lowest BCUT2D eigenvalue weighted by Crippen LogP contribution is -2.31. The van der Waals surface area contributed by atoms with Gasteiger partial charge in [-0.2, -0.15) is 0 Å². The van der Waals surface area contributed by atoms with E-state index in [1.807, 2.05) is 0 Å². The number of rotatable bonds is 1. The van der Waals surface area contributed by atoms with Crippen LogP contribution < -0.4 is 5.32 Å². The van der Waals surface area contributed by atoms with E-state index >= 15 is 0 Å². The second kappa shape index (κ2) is 2.95. The third-order valence-electron chi connectivity index (χ3n) is 2.77. The molecule has 0 spiro atoms. The first-order valence-corrected chi connectivity index (χ1v) is 4.53. The average Bonchev–Trinajstić information content (AvgIpc) is 2.50. The molecular formula is C9H16N2. The van der Waals surface area contributed by atoms with E-state index in [0.29, 0.717) is 0 Å². The zero-order chi connectivity index (χ0) is 7.68. The van der Waals surface area contributed by atoms with E-state index in [1.54, 1.807) is 11.1 Å². The molecule has 0 aromatic heterocycles. The molecule has 62 valence electrons. The molecule has 0 aromatic carbocycles. The molecule has 2 nitrogen and oxygen atoms in total. The van der Waals surface area contributed by atoms with E-state index in [9.17, 15) is 0 Å². The van der Waals surface area contributed by atoms with Crippen LogP contribution in [0.2, 0.25) is 0 Å². The Morgan fingerprint density at radius 3 is 3.00 bits per heavy atom. The van der Waals surface area contributed by atoms with Gasteiger partial charge in [0.25, 0.3) is 0 Å². The lowest BCUT2D eigenvalue weighted by atomic mass is 10.0. The normalized spacial score (nSPS) is 25.9. The highest BCUT2D eigenvalue weighted by molar-refractivity contribution is 5.26. The van der Waals surface area contributed by atoms with Crippen LogP contribution in [0.4, 0.5) is 0 Å². The number of hydrogen-bond acceptors (Lipinski definition) is 2. The summed E-state index contributed by atoms with van der Waals surface area (Å²) in [5.41, 5.74) is 3.35. The highest BCUT2D eigenvalue weighted by Crippen LogP contribution is 2.19. The standard InChI is InChI=1S/C9H16N2/c1-2-11-4-3-8-5-10-6-9(8)7-11/h10H,2-7H2,1H3. The molecule has 2 heteroatoms. The lowest BCUT2D eigenvalue weighted by Gasteiger charge is -2.26. The van der Waals surface area contributed by atoms with Crippen LogP contribution in [0.3, 0.4) is 0 Å². The summed E-state index contributed by atoms with van der Waals surface area (Å²) >= 11 is 0. The van der Waals surface area contributed by atoms with Crippen LogP contribution in [0.5, 0.6) is 0 Å². The van der Waals surface area contributed by atoms with Crippen LogP contribution in [0.25, 0.3) is 0 Å². The van der Waals surface area contributed by atoms with Crippen LogP contribution >= 0.6 is 0 Å². The molecule has 0 aliphatic carbocycles. The first-order chi connectivity index (χ1) is 5.40. The fourth-order valence-electron chi connectivity index (χ4n) is 1.96. The molecule has 2 aliphatic heterocycles. The average molecular weight is 152 g/mol. The zero-order valence-corrected chi connectivity index (χ0v) is 7.19. The number of hydrogen-bond donors (Lipinski definition) is 1. The van der Waals surface area contributed by atoms with Gasteiger partial charge in [-0.05, 0) is 18.5 Å². The van der Waals surface area contributed by atoms with Crippen LogP contribution in [-0.4, -0.2) is 37.6 Å². The van der Waals surface area contributed by atoms with Crippen molar-refractivity contribution >= 4 is 0 Å². The second-order valence-electron chi connectivity index (χ2n) is 3.43. The SMILES string of the molecule is CCN1CCC2=C(CNC2)C1. The summed E-state index contributed by atoms with van der Waals surface area (Å²) in [6.45, 7) is 8.25. The Morgan fingerprint density at radius 2 is 2.18 bits per heavy atom. The molecule has 1 N–H and O–H groups in total. The van der Waals surface area contributed by atoms with Crippen molar-refractivity contribution in [3.05, 3.63) is 11.1 Å². The van der Waals surface area contributed by atoms with E-state index in [0.717, 1.165) is 13.1 Å². The Bertz CT molecular complexity index is 184. The Kier molecular flexibility index (Phi) is 1.96. The van der Waals surface area contributed by atoms with Crippen LogP contribution in [-0.2, 0) is 0 Å². The van der Waals surface area contributed by atoms with Gasteiger partial charge in [0.15, 0.2) is 0 Å². The van der Waals surface area contributed by atoms with Gasteiger partial charge in [0.2, 0.25) is 0 Å². The smallest absolute Gasteiger partial charge is 0.0208 e. The van der Waals surface area contributed by atoms with Crippen molar-refractivity contribution in [1.29, 1.82) is 0 Å². The van der Waals surface area contributed by atoms with Crippen molar-refractivity contribution in [3.8, 4) is 0 Å². The van der Waals surface area contributed by atoms with Crippen molar-refractivity contribution in [2.75, 3.05) is 32.7 Å². The molecule has 0 amide bonds.